The number of carboxylic acids is 1. The fraction of sp³-hybridized carbons (Fsp3) is 0.500. The molecule has 32 heavy (non-hydrogen) atoms. The molecule has 0 spiro atoms. The van der Waals surface area contributed by atoms with Crippen LogP contribution in [0.5, 0.6) is 0 Å². The molecule has 0 aliphatic carbocycles. The Morgan fingerprint density at radius 2 is 1.84 bits per heavy atom. The van der Waals surface area contributed by atoms with E-state index in [0.717, 1.165) is 12.5 Å². The summed E-state index contributed by atoms with van der Waals surface area (Å²) in [5.74, 6) is -2.03. The summed E-state index contributed by atoms with van der Waals surface area (Å²) in [5, 5.41) is 16.4. The van der Waals surface area contributed by atoms with Crippen LogP contribution in [0.3, 0.4) is 0 Å². The quantitative estimate of drug-likeness (QED) is 0.353. The molecule has 0 aromatic carbocycles. The number of rotatable bonds is 12. The van der Waals surface area contributed by atoms with Crippen molar-refractivity contribution in [3.05, 3.63) is 40.3 Å². The first-order chi connectivity index (χ1) is 15.0. The highest BCUT2D eigenvalue weighted by atomic mass is 16.4. The van der Waals surface area contributed by atoms with E-state index in [4.69, 9.17) is 5.11 Å². The van der Waals surface area contributed by atoms with Gasteiger partial charge in [0.1, 0.15) is 18.3 Å². The smallest absolute Gasteiger partial charge is 0.327 e. The summed E-state index contributed by atoms with van der Waals surface area (Å²) < 4.78 is 1.27. The molecule has 1 heterocycles. The van der Waals surface area contributed by atoms with Crippen LogP contribution in [0.2, 0.25) is 0 Å². The summed E-state index contributed by atoms with van der Waals surface area (Å²) in [7, 11) is 0. The summed E-state index contributed by atoms with van der Waals surface area (Å²) >= 11 is 0. The zero-order valence-corrected chi connectivity index (χ0v) is 18.9. The van der Waals surface area contributed by atoms with Gasteiger partial charge in [-0.05, 0) is 44.2 Å². The number of allylic oxidation sites excluding steroid dienone is 1. The lowest BCUT2D eigenvalue weighted by Crippen LogP contribution is -2.44. The van der Waals surface area contributed by atoms with E-state index in [-0.39, 0.29) is 31.0 Å². The molecule has 1 rings (SSSR count). The van der Waals surface area contributed by atoms with Crippen molar-refractivity contribution in [3.8, 4) is 0 Å². The molecule has 1 atom stereocenters. The number of aromatic nitrogens is 1. The van der Waals surface area contributed by atoms with Gasteiger partial charge in [0.25, 0.3) is 5.56 Å². The number of anilines is 1. The van der Waals surface area contributed by atoms with Crippen molar-refractivity contribution in [1.82, 2.24) is 15.2 Å². The van der Waals surface area contributed by atoms with Gasteiger partial charge in [-0.3, -0.25) is 19.2 Å². The van der Waals surface area contributed by atoms with E-state index in [1.807, 2.05) is 13.8 Å². The third kappa shape index (κ3) is 9.59. The molecule has 10 heteroatoms. The lowest BCUT2D eigenvalue weighted by Gasteiger charge is -2.18. The predicted octanol–water partition coefficient (Wildman–Crippen LogP) is 1.18. The van der Waals surface area contributed by atoms with Crippen molar-refractivity contribution in [3.63, 3.8) is 0 Å². The molecule has 0 saturated heterocycles. The van der Waals surface area contributed by atoms with Crippen molar-refractivity contribution in [2.24, 2.45) is 5.92 Å². The maximum Gasteiger partial charge on any atom is 0.327 e. The molecule has 1 aromatic rings. The largest absolute Gasteiger partial charge is 0.478 e. The van der Waals surface area contributed by atoms with Gasteiger partial charge in [0.15, 0.2) is 0 Å². The maximum atomic E-state index is 12.8. The van der Waals surface area contributed by atoms with Crippen LogP contribution in [0.15, 0.2) is 29.1 Å². The second kappa shape index (κ2) is 13.1. The average Bonchev–Trinajstić information content (AvgIpc) is 2.68. The van der Waals surface area contributed by atoms with Crippen LogP contribution < -0.4 is 21.5 Å². The van der Waals surface area contributed by atoms with Crippen LogP contribution in [-0.2, 0) is 25.7 Å². The van der Waals surface area contributed by atoms with Gasteiger partial charge in [-0.15, -0.1) is 0 Å². The molecule has 176 valence electrons. The third-order valence-electron chi connectivity index (χ3n) is 4.57. The van der Waals surface area contributed by atoms with Crippen LogP contribution in [0.1, 0.15) is 45.7 Å². The summed E-state index contributed by atoms with van der Waals surface area (Å²) in [4.78, 5) is 59.7. The van der Waals surface area contributed by atoms with Gasteiger partial charge in [0, 0.05) is 25.2 Å². The SMILES string of the molecule is CC(=O)NC(CCC=CC(=O)O)C(=O)Nc1ccc(C)n(CC(=O)NCCC(C)C)c1=O. The van der Waals surface area contributed by atoms with Gasteiger partial charge >= 0.3 is 5.97 Å². The van der Waals surface area contributed by atoms with Gasteiger partial charge in [-0.25, -0.2) is 4.79 Å². The van der Waals surface area contributed by atoms with Crippen molar-refractivity contribution in [2.45, 2.75) is 59.5 Å². The van der Waals surface area contributed by atoms with E-state index in [0.29, 0.717) is 18.2 Å². The summed E-state index contributed by atoms with van der Waals surface area (Å²) in [6.07, 6.45) is 3.53. The fourth-order valence-electron chi connectivity index (χ4n) is 2.84. The molecular formula is C22H32N4O6. The summed E-state index contributed by atoms with van der Waals surface area (Å²) in [6.45, 7) is 7.36. The minimum absolute atomic E-state index is 0.0213. The minimum Gasteiger partial charge on any atom is -0.478 e. The molecule has 0 bridgehead atoms. The molecule has 0 aliphatic rings. The molecule has 1 aromatic heterocycles. The lowest BCUT2D eigenvalue weighted by molar-refractivity contribution is -0.131. The monoisotopic (exact) mass is 448 g/mol. The highest BCUT2D eigenvalue weighted by Crippen LogP contribution is 2.07. The van der Waals surface area contributed by atoms with Crippen molar-refractivity contribution in [1.29, 1.82) is 0 Å². The molecule has 1 unspecified atom stereocenters. The van der Waals surface area contributed by atoms with Crippen molar-refractivity contribution >= 4 is 29.4 Å². The van der Waals surface area contributed by atoms with Gasteiger partial charge in [0.05, 0.1) is 0 Å². The Balaban J connectivity index is 2.92. The average molecular weight is 449 g/mol. The van der Waals surface area contributed by atoms with E-state index in [1.165, 1.54) is 23.6 Å². The molecule has 0 radical (unpaired) electrons. The Labute approximate surface area is 187 Å². The van der Waals surface area contributed by atoms with Crippen LogP contribution >= 0.6 is 0 Å². The van der Waals surface area contributed by atoms with Crippen molar-refractivity contribution in [2.75, 3.05) is 11.9 Å². The zero-order valence-electron chi connectivity index (χ0n) is 18.9. The van der Waals surface area contributed by atoms with E-state index in [9.17, 15) is 24.0 Å². The Kier molecular flexibility index (Phi) is 10.9. The van der Waals surface area contributed by atoms with Gasteiger partial charge in [-0.1, -0.05) is 19.9 Å². The Hall–Kier alpha value is -3.43. The number of amides is 3. The second-order valence-corrected chi connectivity index (χ2v) is 7.87. The van der Waals surface area contributed by atoms with Crippen LogP contribution in [-0.4, -0.2) is 46.0 Å². The number of aryl methyl sites for hydroxylation is 1. The highest BCUT2D eigenvalue weighted by Gasteiger charge is 2.21. The maximum absolute atomic E-state index is 12.8. The zero-order chi connectivity index (χ0) is 24.3. The molecule has 0 aliphatic heterocycles. The Morgan fingerprint density at radius 3 is 2.44 bits per heavy atom. The fourth-order valence-corrected chi connectivity index (χ4v) is 2.84. The lowest BCUT2D eigenvalue weighted by atomic mass is 10.1. The molecular weight excluding hydrogens is 416 g/mol. The Morgan fingerprint density at radius 1 is 1.16 bits per heavy atom. The number of nitrogens with zero attached hydrogens (tertiary/aromatic N) is 1. The standard InChI is InChI=1S/C22H32N4O6/c1-14(2)11-12-23-19(28)13-26-15(3)9-10-18(22(26)32)25-21(31)17(24-16(4)27)7-5-6-8-20(29)30/h6,8-10,14,17H,5,7,11-13H2,1-4H3,(H,23,28)(H,24,27)(H,25,31)(H,29,30). The normalized spacial score (nSPS) is 11.9. The summed E-state index contributed by atoms with van der Waals surface area (Å²) in [5.41, 5.74) is 0.000875. The first kappa shape index (κ1) is 26.6. The molecule has 3 amide bonds. The number of aliphatic carboxylic acids is 1. The minimum atomic E-state index is -1.11. The number of nitrogens with one attached hydrogen (secondary N) is 3. The van der Waals surface area contributed by atoms with Gasteiger partial charge < -0.3 is 25.6 Å². The van der Waals surface area contributed by atoms with E-state index < -0.39 is 29.4 Å². The number of hydrogen-bond donors (Lipinski definition) is 4. The third-order valence-corrected chi connectivity index (χ3v) is 4.57. The van der Waals surface area contributed by atoms with Crippen molar-refractivity contribution < 1.29 is 24.3 Å². The molecule has 4 N–H and O–H groups in total. The molecule has 0 saturated carbocycles. The van der Waals surface area contributed by atoms with Gasteiger partial charge in [-0.2, -0.15) is 0 Å². The number of hydrogen-bond acceptors (Lipinski definition) is 5. The predicted molar refractivity (Wildman–Crippen MR) is 120 cm³/mol. The van der Waals surface area contributed by atoms with E-state index in [2.05, 4.69) is 16.0 Å². The van der Waals surface area contributed by atoms with Gasteiger partial charge in [0.2, 0.25) is 17.7 Å². The van der Waals surface area contributed by atoms with Crippen LogP contribution in [0.4, 0.5) is 5.69 Å². The molecule has 10 nitrogen and oxygen atoms in total. The first-order valence-electron chi connectivity index (χ1n) is 10.5. The molecule has 0 fully saturated rings. The second-order valence-electron chi connectivity index (χ2n) is 7.87. The van der Waals surface area contributed by atoms with Crippen LogP contribution in [0.25, 0.3) is 0 Å². The highest BCUT2D eigenvalue weighted by molar-refractivity contribution is 5.96. The number of carboxylic acid groups (broad SMARTS) is 1. The van der Waals surface area contributed by atoms with Crippen LogP contribution in [0, 0.1) is 12.8 Å². The topological polar surface area (TPSA) is 147 Å². The van der Waals surface area contributed by atoms with E-state index in [1.54, 1.807) is 13.0 Å². The van der Waals surface area contributed by atoms with E-state index >= 15 is 0 Å². The number of pyridine rings is 1. The Bertz CT molecular complexity index is 919. The number of carbonyl (C=O) groups is 4. The number of carbonyl (C=O) groups excluding carboxylic acids is 3. The first-order valence-corrected chi connectivity index (χ1v) is 10.5. The summed E-state index contributed by atoms with van der Waals surface area (Å²) in [6, 6.07) is 2.10.